The molecule has 0 radical (unpaired) electrons. The molecule has 2 heterocycles. The zero-order chi connectivity index (χ0) is 18.9. The van der Waals surface area contributed by atoms with E-state index in [2.05, 4.69) is 37.3 Å². The highest BCUT2D eigenvalue weighted by molar-refractivity contribution is 14.0. The van der Waals surface area contributed by atoms with Crippen LogP contribution in [0.4, 0.5) is 0 Å². The van der Waals surface area contributed by atoms with Crippen molar-refractivity contribution in [3.05, 3.63) is 46.5 Å². The van der Waals surface area contributed by atoms with E-state index in [4.69, 9.17) is 11.6 Å². The molecule has 8 heteroatoms. The molecule has 6 nitrogen and oxygen atoms in total. The number of hydrogen-bond donors (Lipinski definition) is 2. The molecular formula is C20H30ClIN6. The molecular weight excluding hydrogens is 487 g/mol. The van der Waals surface area contributed by atoms with Crippen molar-refractivity contribution >= 4 is 41.5 Å². The molecule has 2 N–H and O–H groups in total. The van der Waals surface area contributed by atoms with Crippen molar-refractivity contribution in [1.82, 2.24) is 25.4 Å². The topological polar surface area (TPSA) is 67.1 Å². The summed E-state index contributed by atoms with van der Waals surface area (Å²) in [4.78, 5) is 4.64. The van der Waals surface area contributed by atoms with Gasteiger partial charge in [0.25, 0.3) is 0 Å². The Morgan fingerprint density at radius 2 is 2.04 bits per heavy atom. The van der Waals surface area contributed by atoms with Crippen LogP contribution in [0, 0.1) is 0 Å². The number of aryl methyl sites for hydroxylation is 2. The van der Waals surface area contributed by atoms with Gasteiger partial charge in [-0.05, 0) is 37.8 Å². The summed E-state index contributed by atoms with van der Waals surface area (Å²) in [5.41, 5.74) is 1.03. The number of fused-ring (bicyclic) bond motifs is 1. The van der Waals surface area contributed by atoms with E-state index < -0.39 is 0 Å². The number of benzene rings is 1. The van der Waals surface area contributed by atoms with Crippen molar-refractivity contribution in [2.45, 2.75) is 58.5 Å². The highest BCUT2D eigenvalue weighted by Crippen LogP contribution is 2.16. The number of aromatic nitrogens is 3. The molecule has 2 aromatic rings. The van der Waals surface area contributed by atoms with E-state index in [1.54, 1.807) is 0 Å². The van der Waals surface area contributed by atoms with Crippen molar-refractivity contribution in [1.29, 1.82) is 0 Å². The molecule has 0 atom stereocenters. The van der Waals surface area contributed by atoms with Gasteiger partial charge in [0.1, 0.15) is 11.6 Å². The van der Waals surface area contributed by atoms with Crippen molar-refractivity contribution in [2.75, 3.05) is 13.1 Å². The fraction of sp³-hybridized carbons (Fsp3) is 0.550. The van der Waals surface area contributed by atoms with Crippen molar-refractivity contribution in [3.8, 4) is 0 Å². The minimum absolute atomic E-state index is 0. The van der Waals surface area contributed by atoms with Gasteiger partial charge < -0.3 is 15.2 Å². The van der Waals surface area contributed by atoms with Gasteiger partial charge in [0.2, 0.25) is 0 Å². The fourth-order valence-corrected chi connectivity index (χ4v) is 3.51. The molecule has 1 aliphatic rings. The number of nitrogens with one attached hydrogen (secondary N) is 2. The molecule has 0 amide bonds. The van der Waals surface area contributed by atoms with Crippen LogP contribution >= 0.6 is 35.6 Å². The summed E-state index contributed by atoms with van der Waals surface area (Å²) in [6, 6.07) is 7.82. The molecule has 0 unspecified atom stereocenters. The quantitative estimate of drug-likeness (QED) is 0.253. The summed E-state index contributed by atoms with van der Waals surface area (Å²) in [7, 11) is 0. The monoisotopic (exact) mass is 516 g/mol. The summed E-state index contributed by atoms with van der Waals surface area (Å²) >= 11 is 6.21. The van der Waals surface area contributed by atoms with Gasteiger partial charge in [0.15, 0.2) is 5.96 Å². The maximum absolute atomic E-state index is 6.21. The Morgan fingerprint density at radius 1 is 1.18 bits per heavy atom. The Bertz CT molecular complexity index is 761. The fourth-order valence-electron chi connectivity index (χ4n) is 3.32. The van der Waals surface area contributed by atoms with Crippen LogP contribution < -0.4 is 10.6 Å². The normalized spacial score (nSPS) is 14.0. The highest BCUT2D eigenvalue weighted by Gasteiger charge is 2.14. The van der Waals surface area contributed by atoms with Gasteiger partial charge in [-0.3, -0.25) is 0 Å². The lowest BCUT2D eigenvalue weighted by molar-refractivity contribution is 0.594. The molecule has 154 valence electrons. The molecule has 0 aliphatic carbocycles. The van der Waals surface area contributed by atoms with Crippen LogP contribution in [0.3, 0.4) is 0 Å². The number of hydrogen-bond acceptors (Lipinski definition) is 3. The first-order chi connectivity index (χ1) is 13.3. The third kappa shape index (κ3) is 6.62. The molecule has 1 aromatic heterocycles. The number of halogens is 2. The maximum Gasteiger partial charge on any atom is 0.191 e. The van der Waals surface area contributed by atoms with Crippen LogP contribution in [0.15, 0.2) is 29.3 Å². The molecule has 0 spiro atoms. The van der Waals surface area contributed by atoms with Crippen LogP contribution in [0.25, 0.3) is 0 Å². The van der Waals surface area contributed by atoms with Gasteiger partial charge in [-0.2, -0.15) is 0 Å². The SMILES string of the molecule is CCNC(=NCc1ccccc1Cl)NCCCc1nnc2n1CCCCC2.I. The zero-order valence-electron chi connectivity index (χ0n) is 16.5. The number of aliphatic imine (C=N–C) groups is 1. The lowest BCUT2D eigenvalue weighted by atomic mass is 10.2. The summed E-state index contributed by atoms with van der Waals surface area (Å²) in [5.74, 6) is 3.09. The Balaban J connectivity index is 0.00000280. The second-order valence-corrected chi connectivity index (χ2v) is 7.22. The van der Waals surface area contributed by atoms with E-state index in [1.165, 1.54) is 19.3 Å². The summed E-state index contributed by atoms with van der Waals surface area (Å²) in [6.07, 6.45) is 6.74. The van der Waals surface area contributed by atoms with Gasteiger partial charge in [0, 0.05) is 37.5 Å². The van der Waals surface area contributed by atoms with E-state index >= 15 is 0 Å². The highest BCUT2D eigenvalue weighted by atomic mass is 127. The molecule has 28 heavy (non-hydrogen) atoms. The maximum atomic E-state index is 6.21. The Labute approximate surface area is 189 Å². The molecule has 3 rings (SSSR count). The number of rotatable bonds is 7. The first kappa shape index (κ1) is 22.9. The molecule has 1 aromatic carbocycles. The average molecular weight is 517 g/mol. The van der Waals surface area contributed by atoms with Gasteiger partial charge in [-0.1, -0.05) is 36.2 Å². The van der Waals surface area contributed by atoms with Crippen LogP contribution in [0.2, 0.25) is 5.02 Å². The van der Waals surface area contributed by atoms with E-state index in [1.807, 2.05) is 24.3 Å². The minimum atomic E-state index is 0. The Hall–Kier alpha value is -1.35. The smallest absolute Gasteiger partial charge is 0.191 e. The predicted molar refractivity (Wildman–Crippen MR) is 126 cm³/mol. The first-order valence-corrected chi connectivity index (χ1v) is 10.3. The average Bonchev–Trinajstić information content (AvgIpc) is 2.90. The van der Waals surface area contributed by atoms with Crippen LogP contribution in [0.1, 0.15) is 49.8 Å². The summed E-state index contributed by atoms with van der Waals surface area (Å²) in [5, 5.41) is 16.2. The lowest BCUT2D eigenvalue weighted by Gasteiger charge is -2.12. The van der Waals surface area contributed by atoms with Gasteiger partial charge in [0.05, 0.1) is 6.54 Å². The zero-order valence-corrected chi connectivity index (χ0v) is 19.5. The van der Waals surface area contributed by atoms with Crippen molar-refractivity contribution in [3.63, 3.8) is 0 Å². The second kappa shape index (κ2) is 12.3. The molecule has 0 bridgehead atoms. The predicted octanol–water partition coefficient (Wildman–Crippen LogP) is 3.96. The summed E-state index contributed by atoms with van der Waals surface area (Å²) in [6.45, 7) is 5.36. The number of nitrogens with zero attached hydrogens (tertiary/aromatic N) is 4. The van der Waals surface area contributed by atoms with E-state index in [0.29, 0.717) is 6.54 Å². The van der Waals surface area contributed by atoms with Crippen LogP contribution in [-0.2, 0) is 25.9 Å². The Morgan fingerprint density at radius 3 is 2.86 bits per heavy atom. The minimum Gasteiger partial charge on any atom is -0.357 e. The lowest BCUT2D eigenvalue weighted by Crippen LogP contribution is -2.37. The molecule has 1 aliphatic heterocycles. The standard InChI is InChI=1S/C20H29ClN6.HI/c1-2-22-20(24-15-16-9-5-6-10-17(16)21)23-13-8-12-19-26-25-18-11-4-3-7-14-27(18)19;/h5-6,9-10H,2-4,7-8,11-15H2,1H3,(H2,22,23,24);1H. The Kier molecular flexibility index (Phi) is 10.0. The third-order valence-corrected chi connectivity index (χ3v) is 5.13. The second-order valence-electron chi connectivity index (χ2n) is 6.81. The van der Waals surface area contributed by atoms with E-state index in [9.17, 15) is 0 Å². The largest absolute Gasteiger partial charge is 0.357 e. The summed E-state index contributed by atoms with van der Waals surface area (Å²) < 4.78 is 2.32. The molecule has 0 saturated heterocycles. The van der Waals surface area contributed by atoms with E-state index in [0.717, 1.165) is 67.1 Å². The molecule has 0 saturated carbocycles. The van der Waals surface area contributed by atoms with Crippen LogP contribution in [-0.4, -0.2) is 33.8 Å². The van der Waals surface area contributed by atoms with Gasteiger partial charge in [-0.25, -0.2) is 4.99 Å². The van der Waals surface area contributed by atoms with E-state index in [-0.39, 0.29) is 24.0 Å². The van der Waals surface area contributed by atoms with Crippen molar-refractivity contribution < 1.29 is 0 Å². The van der Waals surface area contributed by atoms with Gasteiger partial charge >= 0.3 is 0 Å². The van der Waals surface area contributed by atoms with Gasteiger partial charge in [-0.15, -0.1) is 34.2 Å². The number of guanidine groups is 1. The first-order valence-electron chi connectivity index (χ1n) is 9.94. The van der Waals surface area contributed by atoms with Crippen molar-refractivity contribution in [2.24, 2.45) is 4.99 Å². The molecule has 0 fully saturated rings. The third-order valence-electron chi connectivity index (χ3n) is 4.77. The van der Waals surface area contributed by atoms with Crippen LogP contribution in [0.5, 0.6) is 0 Å².